The number of nitrogens with zero attached hydrogens (tertiary/aromatic N) is 1. The number of benzene rings is 1. The smallest absolute Gasteiger partial charge is 0.191 e. The highest BCUT2D eigenvalue weighted by Crippen LogP contribution is 2.12. The molecule has 2 N–H and O–H groups in total. The molecule has 0 atom stereocenters. The third-order valence-electron chi connectivity index (χ3n) is 4.68. The Labute approximate surface area is 175 Å². The van der Waals surface area contributed by atoms with Crippen molar-refractivity contribution in [1.29, 1.82) is 0 Å². The highest BCUT2D eigenvalue weighted by Gasteiger charge is 2.13. The van der Waals surface area contributed by atoms with Crippen molar-refractivity contribution < 1.29 is 18.9 Å². The number of nitrogens with one attached hydrogen (secondary N) is 2. The maximum absolute atomic E-state index is 5.93. The number of ether oxygens (including phenoxy) is 4. The van der Waals surface area contributed by atoms with Gasteiger partial charge in [-0.3, -0.25) is 0 Å². The maximum Gasteiger partial charge on any atom is 0.191 e. The number of hydrogen-bond acceptors (Lipinski definition) is 5. The molecular weight excluding hydrogens is 370 g/mol. The van der Waals surface area contributed by atoms with Crippen molar-refractivity contribution in [2.45, 2.75) is 45.3 Å². The van der Waals surface area contributed by atoms with Crippen LogP contribution in [0.1, 0.15) is 38.2 Å². The van der Waals surface area contributed by atoms with E-state index in [1.165, 1.54) is 0 Å². The Morgan fingerprint density at radius 3 is 2.41 bits per heavy atom. The Bertz CT molecular complexity index is 560. The van der Waals surface area contributed by atoms with Gasteiger partial charge in [-0.1, -0.05) is 12.1 Å². The van der Waals surface area contributed by atoms with E-state index in [1.807, 2.05) is 31.2 Å². The summed E-state index contributed by atoms with van der Waals surface area (Å²) in [6.07, 6.45) is 4.25. The molecule has 1 aromatic carbocycles. The van der Waals surface area contributed by atoms with Crippen molar-refractivity contribution in [1.82, 2.24) is 10.6 Å². The number of guanidine groups is 1. The molecule has 0 aromatic heterocycles. The van der Waals surface area contributed by atoms with Gasteiger partial charge < -0.3 is 29.6 Å². The van der Waals surface area contributed by atoms with Gasteiger partial charge in [0.2, 0.25) is 0 Å². The molecule has 0 unspecified atom stereocenters. The first-order chi connectivity index (χ1) is 14.3. The second-order valence-corrected chi connectivity index (χ2v) is 6.95. The van der Waals surface area contributed by atoms with Crippen LogP contribution in [0, 0.1) is 0 Å². The Balaban J connectivity index is 1.73. The zero-order valence-electron chi connectivity index (χ0n) is 18.0. The molecule has 0 bridgehead atoms. The van der Waals surface area contributed by atoms with E-state index in [0.717, 1.165) is 89.1 Å². The van der Waals surface area contributed by atoms with Gasteiger partial charge in [0, 0.05) is 46.1 Å². The minimum Gasteiger partial charge on any atom is -0.497 e. The molecule has 2 rings (SSSR count). The summed E-state index contributed by atoms with van der Waals surface area (Å²) in [5, 5.41) is 6.80. The van der Waals surface area contributed by atoms with E-state index in [0.29, 0.717) is 12.6 Å². The van der Waals surface area contributed by atoms with Crippen molar-refractivity contribution in [2.75, 3.05) is 53.2 Å². The molecule has 0 spiro atoms. The lowest BCUT2D eigenvalue weighted by molar-refractivity contribution is -0.0320. The number of methoxy groups -OCH3 is 1. The highest BCUT2D eigenvalue weighted by atomic mass is 16.5. The number of rotatable bonds is 13. The molecular formula is C22H37N3O4. The van der Waals surface area contributed by atoms with E-state index >= 15 is 0 Å². The number of hydrogen-bond donors (Lipinski definition) is 2. The summed E-state index contributed by atoms with van der Waals surface area (Å²) < 4.78 is 21.9. The first-order valence-electron chi connectivity index (χ1n) is 10.7. The predicted octanol–water partition coefficient (Wildman–Crippen LogP) is 2.74. The molecule has 164 valence electrons. The van der Waals surface area contributed by atoms with Crippen LogP contribution in [0.2, 0.25) is 0 Å². The minimum absolute atomic E-state index is 0.351. The standard InChI is InChI=1S/C22H37N3O4/c1-3-27-14-4-12-23-22(25-18-19-6-8-20(26-2)9-7-19)24-13-5-15-29-21-10-16-28-17-11-21/h6-9,21H,3-5,10-18H2,1-2H3,(H2,23,24,25). The van der Waals surface area contributed by atoms with E-state index in [2.05, 4.69) is 10.6 Å². The van der Waals surface area contributed by atoms with E-state index < -0.39 is 0 Å². The van der Waals surface area contributed by atoms with Crippen LogP contribution in [0.15, 0.2) is 29.3 Å². The molecule has 1 fully saturated rings. The highest BCUT2D eigenvalue weighted by molar-refractivity contribution is 5.79. The first kappa shape index (κ1) is 23.4. The summed E-state index contributed by atoms with van der Waals surface area (Å²) in [6, 6.07) is 8.00. The molecule has 7 heteroatoms. The quantitative estimate of drug-likeness (QED) is 0.298. The molecule has 1 heterocycles. The van der Waals surface area contributed by atoms with Gasteiger partial charge in [0.1, 0.15) is 5.75 Å². The fourth-order valence-corrected chi connectivity index (χ4v) is 2.97. The molecule has 0 aliphatic carbocycles. The summed E-state index contributed by atoms with van der Waals surface area (Å²) in [4.78, 5) is 4.71. The van der Waals surface area contributed by atoms with Gasteiger partial charge in [-0.25, -0.2) is 4.99 Å². The van der Waals surface area contributed by atoms with Crippen molar-refractivity contribution in [3.8, 4) is 5.75 Å². The van der Waals surface area contributed by atoms with E-state index in [4.69, 9.17) is 23.9 Å². The van der Waals surface area contributed by atoms with Gasteiger partial charge in [-0.05, 0) is 50.3 Å². The van der Waals surface area contributed by atoms with Crippen LogP contribution in [0.3, 0.4) is 0 Å². The van der Waals surface area contributed by atoms with Crippen molar-refractivity contribution in [3.63, 3.8) is 0 Å². The minimum atomic E-state index is 0.351. The van der Waals surface area contributed by atoms with Crippen LogP contribution < -0.4 is 15.4 Å². The zero-order chi connectivity index (χ0) is 20.6. The van der Waals surface area contributed by atoms with Crippen molar-refractivity contribution in [3.05, 3.63) is 29.8 Å². The molecule has 29 heavy (non-hydrogen) atoms. The fourth-order valence-electron chi connectivity index (χ4n) is 2.97. The lowest BCUT2D eigenvalue weighted by atomic mass is 10.1. The molecule has 0 amide bonds. The molecule has 1 aromatic rings. The van der Waals surface area contributed by atoms with Crippen LogP contribution in [0.4, 0.5) is 0 Å². The lowest BCUT2D eigenvalue weighted by Gasteiger charge is -2.22. The van der Waals surface area contributed by atoms with Crippen LogP contribution in [0.5, 0.6) is 5.75 Å². The van der Waals surface area contributed by atoms with Crippen LogP contribution >= 0.6 is 0 Å². The van der Waals surface area contributed by atoms with Crippen LogP contribution in [0.25, 0.3) is 0 Å². The normalized spacial score (nSPS) is 15.3. The first-order valence-corrected chi connectivity index (χ1v) is 10.7. The van der Waals surface area contributed by atoms with Gasteiger partial charge >= 0.3 is 0 Å². The third-order valence-corrected chi connectivity index (χ3v) is 4.68. The zero-order valence-corrected chi connectivity index (χ0v) is 18.0. The van der Waals surface area contributed by atoms with E-state index in [9.17, 15) is 0 Å². The Hall–Kier alpha value is -1.83. The molecule has 7 nitrogen and oxygen atoms in total. The second kappa shape index (κ2) is 15.1. The van der Waals surface area contributed by atoms with Gasteiger partial charge in [0.15, 0.2) is 5.96 Å². The summed E-state index contributed by atoms with van der Waals surface area (Å²) in [6.45, 7) is 8.18. The molecule has 0 saturated carbocycles. The summed E-state index contributed by atoms with van der Waals surface area (Å²) in [7, 11) is 1.67. The molecule has 1 aliphatic rings. The molecule has 1 saturated heterocycles. The Kier molecular flexibility index (Phi) is 12.2. The van der Waals surface area contributed by atoms with Crippen LogP contribution in [-0.4, -0.2) is 65.3 Å². The van der Waals surface area contributed by atoms with Crippen molar-refractivity contribution in [2.24, 2.45) is 4.99 Å². The van der Waals surface area contributed by atoms with Gasteiger partial charge in [-0.15, -0.1) is 0 Å². The van der Waals surface area contributed by atoms with Gasteiger partial charge in [-0.2, -0.15) is 0 Å². The monoisotopic (exact) mass is 407 g/mol. The largest absolute Gasteiger partial charge is 0.497 e. The van der Waals surface area contributed by atoms with Crippen molar-refractivity contribution >= 4 is 5.96 Å². The Morgan fingerprint density at radius 2 is 1.76 bits per heavy atom. The lowest BCUT2D eigenvalue weighted by Crippen LogP contribution is -2.39. The molecule has 1 aliphatic heterocycles. The van der Waals surface area contributed by atoms with E-state index in [1.54, 1.807) is 7.11 Å². The molecule has 0 radical (unpaired) electrons. The predicted molar refractivity (Wildman–Crippen MR) is 116 cm³/mol. The summed E-state index contributed by atoms with van der Waals surface area (Å²) in [5.41, 5.74) is 1.14. The van der Waals surface area contributed by atoms with Gasteiger partial charge in [0.25, 0.3) is 0 Å². The van der Waals surface area contributed by atoms with Crippen LogP contribution in [-0.2, 0) is 20.8 Å². The number of aliphatic imine (C=N–C) groups is 1. The average Bonchev–Trinajstić information content (AvgIpc) is 2.77. The fraction of sp³-hybridized carbons (Fsp3) is 0.682. The summed E-state index contributed by atoms with van der Waals surface area (Å²) in [5.74, 6) is 1.68. The average molecular weight is 408 g/mol. The van der Waals surface area contributed by atoms with E-state index in [-0.39, 0.29) is 0 Å². The Morgan fingerprint density at radius 1 is 1.07 bits per heavy atom. The summed E-state index contributed by atoms with van der Waals surface area (Å²) >= 11 is 0. The maximum atomic E-state index is 5.93. The SMILES string of the molecule is CCOCCCNC(=NCc1ccc(OC)cc1)NCCCOC1CCOCC1. The third kappa shape index (κ3) is 10.5. The van der Waals surface area contributed by atoms with Gasteiger partial charge in [0.05, 0.1) is 19.8 Å². The topological polar surface area (TPSA) is 73.3 Å². The second-order valence-electron chi connectivity index (χ2n) is 6.95.